The Hall–Kier alpha value is -0.760. The highest BCUT2D eigenvalue weighted by Crippen LogP contribution is 2.20. The summed E-state index contributed by atoms with van der Waals surface area (Å²) in [5.41, 5.74) is 8.13. The molecule has 0 heterocycles. The number of nitriles is 1. The summed E-state index contributed by atoms with van der Waals surface area (Å²) >= 11 is 2.16. The van der Waals surface area contributed by atoms with Gasteiger partial charge in [0.1, 0.15) is 0 Å². The summed E-state index contributed by atoms with van der Waals surface area (Å²) in [6.45, 7) is 2.00. The first-order valence-corrected chi connectivity index (χ1v) is 4.75. The largest absolute Gasteiger partial charge is 0.398 e. The van der Waals surface area contributed by atoms with Crippen LogP contribution in [-0.2, 0) is 6.42 Å². The van der Waals surface area contributed by atoms with Crippen LogP contribution in [0.5, 0.6) is 0 Å². The van der Waals surface area contributed by atoms with Crippen LogP contribution in [0.4, 0.5) is 5.69 Å². The van der Waals surface area contributed by atoms with Crippen LogP contribution in [0.2, 0.25) is 0 Å². The van der Waals surface area contributed by atoms with Crippen molar-refractivity contribution < 1.29 is 0 Å². The van der Waals surface area contributed by atoms with E-state index in [0.717, 1.165) is 21.2 Å². The lowest BCUT2D eigenvalue weighted by molar-refractivity contribution is 1.13. The van der Waals surface area contributed by atoms with E-state index >= 15 is 0 Å². The van der Waals surface area contributed by atoms with Crippen molar-refractivity contribution in [3.63, 3.8) is 0 Å². The molecule has 0 aliphatic carbocycles. The normalized spacial score (nSPS) is 9.42. The van der Waals surface area contributed by atoms with Crippen LogP contribution in [-0.4, -0.2) is 0 Å². The van der Waals surface area contributed by atoms with E-state index in [9.17, 15) is 0 Å². The Morgan fingerprint density at radius 3 is 2.75 bits per heavy atom. The lowest BCUT2D eigenvalue weighted by Crippen LogP contribution is -1.97. The average Bonchev–Trinajstić information content (AvgIpc) is 2.03. The van der Waals surface area contributed by atoms with Crippen molar-refractivity contribution in [1.29, 1.82) is 5.26 Å². The molecule has 2 N–H and O–H groups in total. The number of hydrogen-bond donors (Lipinski definition) is 1. The maximum Gasteiger partial charge on any atom is 0.0995 e. The molecule has 0 aromatic heterocycles. The van der Waals surface area contributed by atoms with Gasteiger partial charge in [0, 0.05) is 9.26 Å². The highest BCUT2D eigenvalue weighted by atomic mass is 127. The Bertz CT molecular complexity index is 339. The molecule has 12 heavy (non-hydrogen) atoms. The minimum Gasteiger partial charge on any atom is -0.398 e. The predicted molar refractivity (Wildman–Crippen MR) is 57.7 cm³/mol. The van der Waals surface area contributed by atoms with E-state index < -0.39 is 0 Å². The van der Waals surface area contributed by atoms with Gasteiger partial charge in [-0.25, -0.2) is 0 Å². The van der Waals surface area contributed by atoms with Crippen molar-refractivity contribution >= 4 is 28.3 Å². The van der Waals surface area contributed by atoms with Gasteiger partial charge in [-0.1, -0.05) is 6.92 Å². The third-order valence-corrected chi connectivity index (χ3v) is 2.35. The number of halogens is 1. The van der Waals surface area contributed by atoms with E-state index in [-0.39, 0.29) is 0 Å². The van der Waals surface area contributed by atoms with Gasteiger partial charge in [0.05, 0.1) is 11.6 Å². The lowest BCUT2D eigenvalue weighted by atomic mass is 10.0. The minimum atomic E-state index is 0.696. The van der Waals surface area contributed by atoms with Crippen LogP contribution in [0.15, 0.2) is 12.1 Å². The van der Waals surface area contributed by atoms with Crippen molar-refractivity contribution in [2.45, 2.75) is 13.3 Å². The molecule has 3 heteroatoms. The molecule has 0 bridgehead atoms. The first-order chi connectivity index (χ1) is 5.69. The van der Waals surface area contributed by atoms with E-state index in [1.54, 1.807) is 0 Å². The van der Waals surface area contributed by atoms with Crippen LogP contribution < -0.4 is 5.73 Å². The summed E-state index contributed by atoms with van der Waals surface area (Å²) in [7, 11) is 0. The molecule has 2 nitrogen and oxygen atoms in total. The summed E-state index contributed by atoms with van der Waals surface area (Å²) in [5.74, 6) is 0. The van der Waals surface area contributed by atoms with E-state index in [1.165, 1.54) is 0 Å². The van der Waals surface area contributed by atoms with E-state index in [4.69, 9.17) is 11.0 Å². The zero-order chi connectivity index (χ0) is 9.14. The Kier molecular flexibility index (Phi) is 2.93. The molecule has 1 rings (SSSR count). The first-order valence-electron chi connectivity index (χ1n) is 3.67. The fraction of sp³-hybridized carbons (Fsp3) is 0.222. The van der Waals surface area contributed by atoms with Crippen molar-refractivity contribution in [2.24, 2.45) is 0 Å². The number of nitrogens with zero attached hydrogens (tertiary/aromatic N) is 1. The summed E-state index contributed by atoms with van der Waals surface area (Å²) < 4.78 is 1.01. The van der Waals surface area contributed by atoms with E-state index in [0.29, 0.717) is 5.56 Å². The molecule has 0 aliphatic rings. The van der Waals surface area contributed by atoms with Crippen LogP contribution >= 0.6 is 22.6 Å². The molecule has 0 fully saturated rings. The SMILES string of the molecule is CCc1c(N)cc(I)cc1C#N. The molecular weight excluding hydrogens is 263 g/mol. The molecule has 0 spiro atoms. The van der Waals surface area contributed by atoms with Gasteiger partial charge in [0.15, 0.2) is 0 Å². The Morgan fingerprint density at radius 2 is 2.25 bits per heavy atom. The van der Waals surface area contributed by atoms with Crippen molar-refractivity contribution in [3.05, 3.63) is 26.8 Å². The van der Waals surface area contributed by atoms with Crippen molar-refractivity contribution in [1.82, 2.24) is 0 Å². The van der Waals surface area contributed by atoms with Crippen LogP contribution in [0.25, 0.3) is 0 Å². The quantitative estimate of drug-likeness (QED) is 0.630. The molecule has 0 atom stereocenters. The van der Waals surface area contributed by atoms with E-state index in [2.05, 4.69) is 28.7 Å². The molecular formula is C9H9IN2. The molecule has 0 unspecified atom stereocenters. The number of anilines is 1. The van der Waals surface area contributed by atoms with Gasteiger partial charge in [-0.3, -0.25) is 0 Å². The second-order valence-corrected chi connectivity index (χ2v) is 3.73. The van der Waals surface area contributed by atoms with Crippen LogP contribution in [0, 0.1) is 14.9 Å². The minimum absolute atomic E-state index is 0.696. The Labute approximate surface area is 85.5 Å². The smallest absolute Gasteiger partial charge is 0.0995 e. The third kappa shape index (κ3) is 1.69. The number of benzene rings is 1. The van der Waals surface area contributed by atoms with Gasteiger partial charge in [-0.05, 0) is 46.7 Å². The highest BCUT2D eigenvalue weighted by Gasteiger charge is 2.04. The molecule has 1 aromatic carbocycles. The van der Waals surface area contributed by atoms with Crippen LogP contribution in [0.1, 0.15) is 18.1 Å². The molecule has 0 radical (unpaired) electrons. The van der Waals surface area contributed by atoms with E-state index in [1.807, 2.05) is 19.1 Å². The number of rotatable bonds is 1. The second-order valence-electron chi connectivity index (χ2n) is 2.49. The summed E-state index contributed by atoms with van der Waals surface area (Å²) in [6.07, 6.45) is 0.811. The average molecular weight is 272 g/mol. The topological polar surface area (TPSA) is 49.8 Å². The Morgan fingerprint density at radius 1 is 1.58 bits per heavy atom. The fourth-order valence-electron chi connectivity index (χ4n) is 1.15. The highest BCUT2D eigenvalue weighted by molar-refractivity contribution is 14.1. The predicted octanol–water partition coefficient (Wildman–Crippen LogP) is 2.31. The summed E-state index contributed by atoms with van der Waals surface area (Å²) in [5, 5.41) is 8.79. The summed E-state index contributed by atoms with van der Waals surface area (Å²) in [4.78, 5) is 0. The van der Waals surface area contributed by atoms with Gasteiger partial charge in [-0.15, -0.1) is 0 Å². The third-order valence-electron chi connectivity index (χ3n) is 1.72. The molecule has 0 aliphatic heterocycles. The second kappa shape index (κ2) is 3.76. The van der Waals surface area contributed by atoms with Crippen LogP contribution in [0.3, 0.4) is 0 Å². The number of nitrogens with two attached hydrogens (primary N) is 1. The number of hydrogen-bond acceptors (Lipinski definition) is 2. The molecule has 0 saturated carbocycles. The summed E-state index contributed by atoms with van der Waals surface area (Å²) in [6, 6.07) is 5.89. The van der Waals surface area contributed by atoms with Gasteiger partial charge in [0.25, 0.3) is 0 Å². The van der Waals surface area contributed by atoms with Gasteiger partial charge in [-0.2, -0.15) is 5.26 Å². The van der Waals surface area contributed by atoms with Gasteiger partial charge >= 0.3 is 0 Å². The van der Waals surface area contributed by atoms with Gasteiger partial charge < -0.3 is 5.73 Å². The fourth-order valence-corrected chi connectivity index (χ4v) is 1.80. The molecule has 1 aromatic rings. The van der Waals surface area contributed by atoms with Crippen molar-refractivity contribution in [2.75, 3.05) is 5.73 Å². The van der Waals surface area contributed by atoms with Crippen molar-refractivity contribution in [3.8, 4) is 6.07 Å². The monoisotopic (exact) mass is 272 g/mol. The number of nitrogen functional groups attached to an aromatic ring is 1. The zero-order valence-corrected chi connectivity index (χ0v) is 8.92. The van der Waals surface area contributed by atoms with Gasteiger partial charge in [0.2, 0.25) is 0 Å². The Balaban J connectivity index is 3.36. The molecule has 62 valence electrons. The standard InChI is InChI=1S/C9H9IN2/c1-2-8-6(5-11)3-7(10)4-9(8)12/h3-4H,2,12H2,1H3. The maximum absolute atomic E-state index is 8.79. The zero-order valence-electron chi connectivity index (χ0n) is 6.76. The maximum atomic E-state index is 8.79. The molecule has 0 saturated heterocycles. The molecule has 0 amide bonds. The lowest BCUT2D eigenvalue weighted by Gasteiger charge is -2.05. The first kappa shape index (κ1) is 9.33.